The van der Waals surface area contributed by atoms with E-state index in [1.807, 2.05) is 0 Å². The summed E-state index contributed by atoms with van der Waals surface area (Å²) in [5, 5.41) is 8.96. The molecule has 3 N–H and O–H groups in total. The highest BCUT2D eigenvalue weighted by Crippen LogP contribution is 2.25. The molecule has 0 bridgehead atoms. The second kappa shape index (κ2) is 7.72. The van der Waals surface area contributed by atoms with Crippen LogP contribution in [0.4, 0.5) is 10.1 Å². The second-order valence-corrected chi connectivity index (χ2v) is 4.90. The Morgan fingerprint density at radius 2 is 2.15 bits per heavy atom. The third-order valence-electron chi connectivity index (χ3n) is 3.35. The zero-order valence-corrected chi connectivity index (χ0v) is 12.0. The minimum Gasteiger partial charge on any atom is -0.490 e. The van der Waals surface area contributed by atoms with Crippen molar-refractivity contribution >= 4 is 11.7 Å². The number of hydrogen-bond acceptors (Lipinski definition) is 3. The lowest BCUT2D eigenvalue weighted by molar-refractivity contribution is 0.0697. The summed E-state index contributed by atoms with van der Waals surface area (Å²) in [6, 6.07) is 2.14. The van der Waals surface area contributed by atoms with Crippen molar-refractivity contribution in [3.8, 4) is 5.75 Å². The van der Waals surface area contributed by atoms with Crippen molar-refractivity contribution in [3.05, 3.63) is 23.5 Å². The predicted molar refractivity (Wildman–Crippen MR) is 76.6 cm³/mol. The Labute approximate surface area is 118 Å². The summed E-state index contributed by atoms with van der Waals surface area (Å²) in [6.07, 6.45) is 4.18. The lowest BCUT2D eigenvalue weighted by atomic mass is 10.0. The van der Waals surface area contributed by atoms with E-state index in [1.54, 1.807) is 0 Å². The quantitative estimate of drug-likeness (QED) is 0.713. The van der Waals surface area contributed by atoms with E-state index in [4.69, 9.17) is 15.6 Å². The molecule has 0 aliphatic rings. The Morgan fingerprint density at radius 1 is 1.45 bits per heavy atom. The van der Waals surface area contributed by atoms with Crippen molar-refractivity contribution < 1.29 is 19.0 Å². The van der Waals surface area contributed by atoms with E-state index in [0.29, 0.717) is 12.5 Å². The summed E-state index contributed by atoms with van der Waals surface area (Å²) < 4.78 is 19.1. The summed E-state index contributed by atoms with van der Waals surface area (Å²) in [7, 11) is 0. The van der Waals surface area contributed by atoms with Crippen LogP contribution in [0.25, 0.3) is 0 Å². The molecule has 0 aliphatic carbocycles. The number of rotatable bonds is 8. The Kier molecular flexibility index (Phi) is 6.28. The zero-order chi connectivity index (χ0) is 15.1. The first kappa shape index (κ1) is 16.3. The molecule has 1 atom stereocenters. The van der Waals surface area contributed by atoms with Crippen molar-refractivity contribution in [3.63, 3.8) is 0 Å². The van der Waals surface area contributed by atoms with Crippen LogP contribution in [0, 0.1) is 11.7 Å². The Morgan fingerprint density at radius 3 is 2.70 bits per heavy atom. The molecule has 0 saturated carbocycles. The van der Waals surface area contributed by atoms with Gasteiger partial charge in [-0.3, -0.25) is 0 Å². The van der Waals surface area contributed by atoms with Crippen molar-refractivity contribution in [1.29, 1.82) is 0 Å². The van der Waals surface area contributed by atoms with Gasteiger partial charge in [0, 0.05) is 11.8 Å². The van der Waals surface area contributed by atoms with Gasteiger partial charge in [0.15, 0.2) is 11.6 Å². The van der Waals surface area contributed by atoms with E-state index >= 15 is 0 Å². The summed E-state index contributed by atoms with van der Waals surface area (Å²) >= 11 is 0. The molecule has 0 aliphatic heterocycles. The zero-order valence-electron chi connectivity index (χ0n) is 12.0. The molecule has 0 radical (unpaired) electrons. The van der Waals surface area contributed by atoms with Gasteiger partial charge in [-0.2, -0.15) is 0 Å². The fraction of sp³-hybridized carbons (Fsp3) is 0.533. The normalized spacial score (nSPS) is 12.2. The van der Waals surface area contributed by atoms with Crippen molar-refractivity contribution in [2.75, 3.05) is 12.3 Å². The molecular weight excluding hydrogens is 261 g/mol. The van der Waals surface area contributed by atoms with E-state index in [0.717, 1.165) is 37.8 Å². The van der Waals surface area contributed by atoms with Crippen LogP contribution < -0.4 is 10.5 Å². The van der Waals surface area contributed by atoms with Gasteiger partial charge in [0.1, 0.15) is 0 Å². The molecule has 0 heterocycles. The lowest BCUT2D eigenvalue weighted by Gasteiger charge is -2.16. The van der Waals surface area contributed by atoms with Gasteiger partial charge >= 0.3 is 5.97 Å². The average Bonchev–Trinajstić information content (AvgIpc) is 2.40. The van der Waals surface area contributed by atoms with Crippen LogP contribution in [0.15, 0.2) is 12.1 Å². The van der Waals surface area contributed by atoms with Crippen molar-refractivity contribution in [1.82, 2.24) is 0 Å². The Balaban J connectivity index is 2.76. The largest absolute Gasteiger partial charge is 0.490 e. The van der Waals surface area contributed by atoms with Gasteiger partial charge in [0.05, 0.1) is 12.2 Å². The number of unbranched alkanes of at least 4 members (excludes halogenated alkanes) is 1. The highest BCUT2D eigenvalue weighted by Gasteiger charge is 2.15. The number of carboxylic acids is 1. The third-order valence-corrected chi connectivity index (χ3v) is 3.35. The number of hydrogen-bond donors (Lipinski definition) is 2. The first-order valence-electron chi connectivity index (χ1n) is 6.94. The van der Waals surface area contributed by atoms with E-state index in [-0.39, 0.29) is 17.0 Å². The molecule has 4 nitrogen and oxygen atoms in total. The molecule has 0 amide bonds. The van der Waals surface area contributed by atoms with Crippen molar-refractivity contribution in [2.45, 2.75) is 39.5 Å². The molecule has 0 aromatic heterocycles. The highest BCUT2D eigenvalue weighted by atomic mass is 19.1. The molecule has 0 saturated heterocycles. The molecule has 1 aromatic carbocycles. The predicted octanol–water partition coefficient (Wildman–Crippen LogP) is 3.70. The fourth-order valence-corrected chi connectivity index (χ4v) is 1.97. The van der Waals surface area contributed by atoms with Gasteiger partial charge in [-0.15, -0.1) is 0 Å². The van der Waals surface area contributed by atoms with E-state index < -0.39 is 11.8 Å². The van der Waals surface area contributed by atoms with E-state index in [2.05, 4.69) is 13.8 Å². The van der Waals surface area contributed by atoms with Gasteiger partial charge in [-0.05, 0) is 18.4 Å². The number of anilines is 1. The standard InChI is InChI=1S/C15H22FNO3/c1-3-5-6-10(4-2)9-20-14-7-11(15(18)19)13(17)8-12(14)16/h7-8,10H,3-6,9,17H2,1-2H3,(H,18,19). The Hall–Kier alpha value is -1.78. The van der Waals surface area contributed by atoms with Crippen molar-refractivity contribution in [2.24, 2.45) is 5.92 Å². The maximum atomic E-state index is 13.7. The smallest absolute Gasteiger partial charge is 0.337 e. The maximum absolute atomic E-state index is 13.7. The number of ether oxygens (including phenoxy) is 1. The molecule has 1 unspecified atom stereocenters. The minimum atomic E-state index is -1.19. The summed E-state index contributed by atoms with van der Waals surface area (Å²) in [4.78, 5) is 11.0. The van der Waals surface area contributed by atoms with E-state index in [1.165, 1.54) is 0 Å². The molecule has 1 rings (SSSR count). The highest BCUT2D eigenvalue weighted by molar-refractivity contribution is 5.94. The SMILES string of the molecule is CCCCC(CC)COc1cc(C(=O)O)c(N)cc1F. The Bertz CT molecular complexity index is 463. The minimum absolute atomic E-state index is 0.0495. The van der Waals surface area contributed by atoms with Crippen LogP contribution in [-0.2, 0) is 0 Å². The molecule has 5 heteroatoms. The van der Waals surface area contributed by atoms with Crippen LogP contribution >= 0.6 is 0 Å². The van der Waals surface area contributed by atoms with Crippen LogP contribution in [-0.4, -0.2) is 17.7 Å². The molecule has 1 aromatic rings. The number of nitrogen functional groups attached to an aromatic ring is 1. The maximum Gasteiger partial charge on any atom is 0.337 e. The topological polar surface area (TPSA) is 72.5 Å². The second-order valence-electron chi connectivity index (χ2n) is 4.90. The molecule has 112 valence electrons. The van der Waals surface area contributed by atoms with Gasteiger partial charge in [-0.1, -0.05) is 33.1 Å². The lowest BCUT2D eigenvalue weighted by Crippen LogP contribution is -2.13. The first-order chi connectivity index (χ1) is 9.49. The van der Waals surface area contributed by atoms with Crippen LogP contribution in [0.2, 0.25) is 0 Å². The van der Waals surface area contributed by atoms with E-state index in [9.17, 15) is 9.18 Å². The number of carboxylic acid groups (broad SMARTS) is 1. The van der Waals surface area contributed by atoms with Crippen LogP contribution in [0.5, 0.6) is 5.75 Å². The van der Waals surface area contributed by atoms with Gasteiger partial charge in [0.2, 0.25) is 0 Å². The molecule has 0 fully saturated rings. The summed E-state index contributed by atoms with van der Waals surface area (Å²) in [5.74, 6) is -1.52. The van der Waals surface area contributed by atoms with Crippen LogP contribution in [0.1, 0.15) is 49.9 Å². The van der Waals surface area contributed by atoms with Gasteiger partial charge < -0.3 is 15.6 Å². The van der Waals surface area contributed by atoms with Gasteiger partial charge in [-0.25, -0.2) is 9.18 Å². The van der Waals surface area contributed by atoms with Gasteiger partial charge in [0.25, 0.3) is 0 Å². The molecule has 0 spiro atoms. The molecule has 20 heavy (non-hydrogen) atoms. The average molecular weight is 283 g/mol. The fourth-order valence-electron chi connectivity index (χ4n) is 1.97. The first-order valence-corrected chi connectivity index (χ1v) is 6.94. The summed E-state index contributed by atoms with van der Waals surface area (Å²) in [6.45, 7) is 4.56. The molecular formula is C15H22FNO3. The van der Waals surface area contributed by atoms with Crippen LogP contribution in [0.3, 0.4) is 0 Å². The monoisotopic (exact) mass is 283 g/mol. The number of benzene rings is 1. The number of aromatic carboxylic acids is 1. The number of halogens is 1. The number of carbonyl (C=O) groups is 1. The third kappa shape index (κ3) is 4.40. The number of nitrogens with two attached hydrogens (primary N) is 1. The summed E-state index contributed by atoms with van der Waals surface area (Å²) in [5.41, 5.74) is 5.23.